The van der Waals surface area contributed by atoms with E-state index in [1.807, 2.05) is 17.4 Å². The van der Waals surface area contributed by atoms with Crippen molar-refractivity contribution < 1.29 is 0 Å². The van der Waals surface area contributed by atoms with Crippen LogP contribution in [0.4, 0.5) is 17.1 Å². The molecule has 0 saturated carbocycles. The van der Waals surface area contributed by atoms with Gasteiger partial charge in [-0.15, -0.1) is 11.3 Å². The number of anilines is 3. The van der Waals surface area contributed by atoms with Crippen molar-refractivity contribution in [2.75, 3.05) is 4.90 Å². The van der Waals surface area contributed by atoms with E-state index < -0.39 is 0 Å². The van der Waals surface area contributed by atoms with Crippen LogP contribution in [0, 0.1) is 0 Å². The fourth-order valence-electron chi connectivity index (χ4n) is 8.52. The molecule has 0 bridgehead atoms. The molecule has 1 aromatic heterocycles. The van der Waals surface area contributed by atoms with Crippen LogP contribution in [-0.2, 0) is 10.8 Å². The molecule has 2 aliphatic rings. The summed E-state index contributed by atoms with van der Waals surface area (Å²) in [4.78, 5) is 2.49. The third-order valence-corrected chi connectivity index (χ3v) is 12.6. The van der Waals surface area contributed by atoms with Crippen molar-refractivity contribution in [1.29, 1.82) is 0 Å². The second kappa shape index (κ2) is 10.7. The number of thiophene rings is 1. The molecule has 0 aliphatic heterocycles. The fourth-order valence-corrected chi connectivity index (χ4v) is 9.78. The van der Waals surface area contributed by atoms with Crippen LogP contribution in [0.1, 0.15) is 56.9 Å². The van der Waals surface area contributed by atoms with Gasteiger partial charge < -0.3 is 4.90 Å². The Balaban J connectivity index is 1.30. The van der Waals surface area contributed by atoms with Gasteiger partial charge in [0.2, 0.25) is 0 Å². The lowest BCUT2D eigenvalue weighted by Crippen LogP contribution is -2.17. The van der Waals surface area contributed by atoms with Crippen LogP contribution in [0.25, 0.3) is 47.6 Å². The number of allylic oxidation sites excluding steroid dienone is 5. The average Bonchev–Trinajstić information content (AvgIpc) is 3.67. The Morgan fingerprint density at radius 2 is 1.35 bits per heavy atom. The highest BCUT2D eigenvalue weighted by Crippen LogP contribution is 2.56. The molecule has 6 aromatic carbocycles. The maximum atomic E-state index is 3.93. The molecule has 238 valence electrons. The van der Waals surface area contributed by atoms with Crippen molar-refractivity contribution in [2.24, 2.45) is 0 Å². The lowest BCUT2D eigenvalue weighted by Gasteiger charge is -2.30. The molecule has 0 unspecified atom stereocenters. The topological polar surface area (TPSA) is 3.24 Å². The highest BCUT2D eigenvalue weighted by atomic mass is 32.1. The molecule has 0 spiro atoms. The van der Waals surface area contributed by atoms with Gasteiger partial charge in [-0.3, -0.25) is 0 Å². The van der Waals surface area contributed by atoms with Crippen LogP contribution < -0.4 is 4.90 Å². The van der Waals surface area contributed by atoms with Crippen molar-refractivity contribution >= 4 is 64.9 Å². The monoisotopic (exact) mass is 649 g/mol. The molecule has 2 heteroatoms. The molecule has 0 radical (unpaired) electrons. The molecular formula is C47H39NS. The van der Waals surface area contributed by atoms with E-state index in [1.54, 1.807) is 0 Å². The van der Waals surface area contributed by atoms with Crippen molar-refractivity contribution in [3.05, 3.63) is 168 Å². The predicted molar refractivity (Wildman–Crippen MR) is 214 cm³/mol. The maximum absolute atomic E-state index is 3.93. The van der Waals surface area contributed by atoms with Crippen molar-refractivity contribution in [3.63, 3.8) is 0 Å². The van der Waals surface area contributed by atoms with E-state index in [0.29, 0.717) is 0 Å². The minimum Gasteiger partial charge on any atom is -0.310 e. The number of hydrogen-bond donors (Lipinski definition) is 0. The molecule has 9 rings (SSSR count). The zero-order valence-corrected chi connectivity index (χ0v) is 29.6. The molecule has 49 heavy (non-hydrogen) atoms. The fraction of sp³-hybridized carbons (Fsp3) is 0.149. The number of hydrogen-bond acceptors (Lipinski definition) is 2. The average molecular weight is 650 g/mol. The summed E-state index contributed by atoms with van der Waals surface area (Å²) in [5, 5.41) is 5.17. The summed E-state index contributed by atoms with van der Waals surface area (Å²) < 4.78 is 2.73. The van der Waals surface area contributed by atoms with Gasteiger partial charge in [0.15, 0.2) is 0 Å². The van der Waals surface area contributed by atoms with Gasteiger partial charge in [0, 0.05) is 53.3 Å². The quantitative estimate of drug-likeness (QED) is 0.168. The Bertz CT molecular complexity index is 2580. The first-order valence-electron chi connectivity index (χ1n) is 17.2. The van der Waals surface area contributed by atoms with Crippen LogP contribution in [0.2, 0.25) is 0 Å². The zero-order valence-electron chi connectivity index (χ0n) is 28.8. The second-order valence-electron chi connectivity index (χ2n) is 14.6. The largest absolute Gasteiger partial charge is 0.310 e. The molecule has 7 aromatic rings. The lowest BCUT2D eigenvalue weighted by molar-refractivity contribution is 0.639. The van der Waals surface area contributed by atoms with Gasteiger partial charge in [-0.2, -0.15) is 0 Å². The minimum atomic E-state index is -0.0930. The number of rotatable bonds is 5. The molecule has 1 heterocycles. The van der Waals surface area contributed by atoms with Crippen LogP contribution >= 0.6 is 11.3 Å². The summed E-state index contributed by atoms with van der Waals surface area (Å²) in [6.07, 6.45) is 6.13. The summed E-state index contributed by atoms with van der Waals surface area (Å²) in [7, 11) is 0. The van der Waals surface area contributed by atoms with Crippen LogP contribution in [0.5, 0.6) is 0 Å². The lowest BCUT2D eigenvalue weighted by atomic mass is 9.81. The maximum Gasteiger partial charge on any atom is 0.0540 e. The van der Waals surface area contributed by atoms with Gasteiger partial charge in [0.05, 0.1) is 5.69 Å². The zero-order chi connectivity index (χ0) is 33.7. The van der Waals surface area contributed by atoms with Crippen LogP contribution in [0.3, 0.4) is 0 Å². The predicted octanol–water partition coefficient (Wildman–Crippen LogP) is 13.8. The van der Waals surface area contributed by atoms with E-state index in [2.05, 4.69) is 174 Å². The molecule has 2 aliphatic carbocycles. The van der Waals surface area contributed by atoms with Gasteiger partial charge in [-0.05, 0) is 82.1 Å². The van der Waals surface area contributed by atoms with E-state index >= 15 is 0 Å². The standard InChI is InChI=1S/C47H39NS/c1-7-8-16-33-29(2)46(3,4)41-28-32(21-23-35(33)41)48(42-19-13-15-30-14-9-10-17-34(30)42)31-22-25-39-38(27-31)44-40(47(39,5)6)26-24-37-36-18-11-12-20-43(36)49-45(37)44/h7-28H,1H2,2-6H3/b16-8-. The van der Waals surface area contributed by atoms with Gasteiger partial charge in [0.25, 0.3) is 0 Å². The van der Waals surface area contributed by atoms with E-state index in [1.165, 1.54) is 92.5 Å². The third-order valence-electron chi connectivity index (χ3n) is 11.4. The van der Waals surface area contributed by atoms with Crippen molar-refractivity contribution in [2.45, 2.75) is 45.4 Å². The molecule has 1 nitrogen and oxygen atoms in total. The van der Waals surface area contributed by atoms with E-state index in [-0.39, 0.29) is 10.8 Å². The second-order valence-corrected chi connectivity index (χ2v) is 15.7. The van der Waals surface area contributed by atoms with Crippen LogP contribution in [0.15, 0.2) is 146 Å². The first kappa shape index (κ1) is 29.9. The number of fused-ring (bicyclic) bond motifs is 9. The Morgan fingerprint density at radius 3 is 2.18 bits per heavy atom. The highest BCUT2D eigenvalue weighted by Gasteiger charge is 2.38. The Hall–Kier alpha value is -5.18. The Kier molecular flexibility index (Phi) is 6.51. The molecule has 0 N–H and O–H groups in total. The first-order valence-corrected chi connectivity index (χ1v) is 18.0. The van der Waals surface area contributed by atoms with Gasteiger partial charge in [0.1, 0.15) is 0 Å². The Labute approximate surface area is 293 Å². The molecule has 0 saturated heterocycles. The number of nitrogens with zero attached hydrogens (tertiary/aromatic N) is 1. The highest BCUT2D eigenvalue weighted by molar-refractivity contribution is 7.26. The van der Waals surface area contributed by atoms with Crippen LogP contribution in [-0.4, -0.2) is 0 Å². The van der Waals surface area contributed by atoms with Gasteiger partial charge in [-0.25, -0.2) is 0 Å². The minimum absolute atomic E-state index is 0.0893. The first-order chi connectivity index (χ1) is 23.7. The summed E-state index contributed by atoms with van der Waals surface area (Å²) >= 11 is 1.93. The van der Waals surface area contributed by atoms with Gasteiger partial charge >= 0.3 is 0 Å². The van der Waals surface area contributed by atoms with E-state index in [0.717, 1.165) is 0 Å². The molecule has 0 atom stereocenters. The van der Waals surface area contributed by atoms with Crippen molar-refractivity contribution in [1.82, 2.24) is 0 Å². The molecular weight excluding hydrogens is 611 g/mol. The SMILES string of the molecule is C=C/C=C\C1=C(C)C(C)(C)c2cc(N(c3ccc4c(c3)-c3c(ccc5c3sc3ccccc35)C4(C)C)c3cccc4ccccc34)ccc21. The van der Waals surface area contributed by atoms with E-state index in [4.69, 9.17) is 0 Å². The van der Waals surface area contributed by atoms with E-state index in [9.17, 15) is 0 Å². The molecule has 0 fully saturated rings. The normalized spacial score (nSPS) is 15.7. The summed E-state index contributed by atoms with van der Waals surface area (Å²) in [6, 6.07) is 43.3. The summed E-state index contributed by atoms with van der Waals surface area (Å²) in [6.45, 7) is 15.7. The number of benzene rings is 6. The third kappa shape index (κ3) is 4.23. The molecule has 0 amide bonds. The Morgan fingerprint density at radius 1 is 0.633 bits per heavy atom. The van der Waals surface area contributed by atoms with Gasteiger partial charge in [-0.1, -0.05) is 137 Å². The summed E-state index contributed by atoms with van der Waals surface area (Å²) in [5.41, 5.74) is 14.2. The summed E-state index contributed by atoms with van der Waals surface area (Å²) in [5.74, 6) is 0. The smallest absolute Gasteiger partial charge is 0.0540 e. The van der Waals surface area contributed by atoms with Crippen molar-refractivity contribution in [3.8, 4) is 11.1 Å².